The first kappa shape index (κ1) is 25.7. The standard InChI is InChI=1S/C28H36FN5O2S/c29-23-6-8-24(9-7-23)32-16-18-33(19-17-32)27(35)25-20-37-26(31-25)22-11-14-34(15-12-22)28(36)30-13-10-21-4-2-1-3-5-21/h4,6-9,20,22H,1-3,5,10-19H2,(H,30,36). The molecule has 2 fully saturated rings. The fourth-order valence-electron chi connectivity index (χ4n) is 5.46. The molecule has 5 rings (SSSR count). The van der Waals surface area contributed by atoms with Crippen molar-refractivity contribution in [2.45, 2.75) is 50.9 Å². The minimum Gasteiger partial charge on any atom is -0.368 e. The van der Waals surface area contributed by atoms with Crippen molar-refractivity contribution in [3.8, 4) is 0 Å². The maximum absolute atomic E-state index is 13.2. The predicted molar refractivity (Wildman–Crippen MR) is 145 cm³/mol. The fraction of sp³-hybridized carbons (Fsp3) is 0.536. The van der Waals surface area contributed by atoms with Gasteiger partial charge in [0.1, 0.15) is 11.5 Å². The summed E-state index contributed by atoms with van der Waals surface area (Å²) in [5.41, 5.74) is 2.98. The molecule has 0 bridgehead atoms. The van der Waals surface area contributed by atoms with E-state index in [0.29, 0.717) is 57.4 Å². The maximum Gasteiger partial charge on any atom is 0.317 e. The zero-order chi connectivity index (χ0) is 25.6. The Morgan fingerprint density at radius 1 is 1.00 bits per heavy atom. The third-order valence-electron chi connectivity index (χ3n) is 7.74. The van der Waals surface area contributed by atoms with Gasteiger partial charge >= 0.3 is 6.03 Å². The van der Waals surface area contributed by atoms with Gasteiger partial charge in [0, 0.05) is 62.8 Å². The molecule has 0 atom stereocenters. The molecule has 37 heavy (non-hydrogen) atoms. The Morgan fingerprint density at radius 2 is 1.76 bits per heavy atom. The minimum atomic E-state index is -0.242. The topological polar surface area (TPSA) is 68.8 Å². The predicted octanol–water partition coefficient (Wildman–Crippen LogP) is 5.02. The number of hydrogen-bond acceptors (Lipinski definition) is 5. The summed E-state index contributed by atoms with van der Waals surface area (Å²) < 4.78 is 13.2. The number of carbonyl (C=O) groups excluding carboxylic acids is 2. The second-order valence-corrected chi connectivity index (χ2v) is 11.1. The number of thiazole rings is 1. The molecular weight excluding hydrogens is 489 g/mol. The third-order valence-corrected chi connectivity index (χ3v) is 8.75. The first-order valence-electron chi connectivity index (χ1n) is 13.5. The van der Waals surface area contributed by atoms with Crippen molar-refractivity contribution in [2.24, 2.45) is 0 Å². The minimum absolute atomic E-state index is 0.0221. The molecule has 198 valence electrons. The van der Waals surface area contributed by atoms with Gasteiger partial charge in [-0.15, -0.1) is 11.3 Å². The lowest BCUT2D eigenvalue weighted by molar-refractivity contribution is 0.0741. The van der Waals surface area contributed by atoms with Crippen LogP contribution in [-0.4, -0.2) is 72.5 Å². The van der Waals surface area contributed by atoms with Crippen molar-refractivity contribution in [2.75, 3.05) is 50.7 Å². The number of piperidine rings is 1. The molecule has 1 aromatic carbocycles. The Hall–Kier alpha value is -2.94. The second-order valence-electron chi connectivity index (χ2n) is 10.2. The lowest BCUT2D eigenvalue weighted by Gasteiger charge is -2.35. The molecule has 7 nitrogen and oxygen atoms in total. The number of halogens is 1. The first-order chi connectivity index (χ1) is 18.1. The number of likely N-dealkylation sites (tertiary alicyclic amines) is 1. The second kappa shape index (κ2) is 12.1. The highest BCUT2D eigenvalue weighted by molar-refractivity contribution is 7.09. The van der Waals surface area contributed by atoms with Gasteiger partial charge in [0.25, 0.3) is 5.91 Å². The number of urea groups is 1. The molecule has 0 spiro atoms. The smallest absolute Gasteiger partial charge is 0.317 e. The van der Waals surface area contributed by atoms with E-state index in [1.165, 1.54) is 43.4 Å². The number of benzene rings is 1. The van der Waals surface area contributed by atoms with Crippen LogP contribution in [0, 0.1) is 5.82 Å². The molecule has 0 unspecified atom stereocenters. The summed E-state index contributed by atoms with van der Waals surface area (Å²) in [5, 5.41) is 5.96. The van der Waals surface area contributed by atoms with Crippen LogP contribution in [0.4, 0.5) is 14.9 Å². The zero-order valence-electron chi connectivity index (χ0n) is 21.3. The van der Waals surface area contributed by atoms with Crippen LogP contribution < -0.4 is 10.2 Å². The summed E-state index contributed by atoms with van der Waals surface area (Å²) in [6, 6.07) is 6.53. The van der Waals surface area contributed by atoms with Gasteiger partial charge in [0.05, 0.1) is 5.01 Å². The van der Waals surface area contributed by atoms with Crippen molar-refractivity contribution in [3.63, 3.8) is 0 Å². The van der Waals surface area contributed by atoms with E-state index in [9.17, 15) is 14.0 Å². The quantitative estimate of drug-likeness (QED) is 0.538. The molecule has 2 aromatic rings. The van der Waals surface area contributed by atoms with Crippen LogP contribution in [0.3, 0.4) is 0 Å². The van der Waals surface area contributed by atoms with Crippen LogP contribution >= 0.6 is 11.3 Å². The average Bonchev–Trinajstić information content (AvgIpc) is 3.44. The van der Waals surface area contributed by atoms with Crippen LogP contribution in [0.25, 0.3) is 0 Å². The number of amides is 3. The summed E-state index contributed by atoms with van der Waals surface area (Å²) in [6.45, 7) is 4.81. The molecule has 1 aromatic heterocycles. The van der Waals surface area contributed by atoms with E-state index in [4.69, 9.17) is 4.98 Å². The van der Waals surface area contributed by atoms with Crippen LogP contribution in [0.15, 0.2) is 41.3 Å². The van der Waals surface area contributed by atoms with Crippen LogP contribution in [0.2, 0.25) is 0 Å². The average molecular weight is 526 g/mol. The number of carbonyl (C=O) groups is 2. The number of anilines is 1. The van der Waals surface area contributed by atoms with Crippen molar-refractivity contribution < 1.29 is 14.0 Å². The zero-order valence-corrected chi connectivity index (χ0v) is 22.1. The van der Waals surface area contributed by atoms with Crippen LogP contribution in [0.5, 0.6) is 0 Å². The van der Waals surface area contributed by atoms with Crippen LogP contribution in [-0.2, 0) is 0 Å². The molecule has 2 aliphatic heterocycles. The van der Waals surface area contributed by atoms with Gasteiger partial charge in [-0.05, 0) is 69.2 Å². The van der Waals surface area contributed by atoms with E-state index in [2.05, 4.69) is 16.3 Å². The highest BCUT2D eigenvalue weighted by Crippen LogP contribution is 2.31. The third kappa shape index (κ3) is 6.50. The summed E-state index contributed by atoms with van der Waals surface area (Å²) in [5.74, 6) is 0.0261. The number of aromatic nitrogens is 1. The van der Waals surface area contributed by atoms with Gasteiger partial charge in [-0.2, -0.15) is 0 Å². The van der Waals surface area contributed by atoms with Crippen molar-refractivity contribution >= 4 is 29.0 Å². The van der Waals surface area contributed by atoms with Crippen molar-refractivity contribution in [1.82, 2.24) is 20.1 Å². The summed E-state index contributed by atoms with van der Waals surface area (Å²) in [6.07, 6.45) is 9.94. The van der Waals surface area contributed by atoms with Gasteiger partial charge in [0.2, 0.25) is 0 Å². The van der Waals surface area contributed by atoms with Gasteiger partial charge < -0.3 is 20.0 Å². The molecule has 0 saturated carbocycles. The van der Waals surface area contributed by atoms with E-state index in [-0.39, 0.29) is 17.8 Å². The molecule has 0 radical (unpaired) electrons. The van der Waals surface area contributed by atoms with E-state index >= 15 is 0 Å². The van der Waals surface area contributed by atoms with Gasteiger partial charge in [-0.1, -0.05) is 11.6 Å². The van der Waals surface area contributed by atoms with Gasteiger partial charge in [0.15, 0.2) is 0 Å². The summed E-state index contributed by atoms with van der Waals surface area (Å²) >= 11 is 1.56. The summed E-state index contributed by atoms with van der Waals surface area (Å²) in [7, 11) is 0. The maximum atomic E-state index is 13.2. The number of piperazine rings is 1. The normalized spacial score (nSPS) is 19.1. The highest BCUT2D eigenvalue weighted by Gasteiger charge is 2.28. The number of nitrogens with zero attached hydrogens (tertiary/aromatic N) is 4. The van der Waals surface area contributed by atoms with Gasteiger partial charge in [-0.3, -0.25) is 4.79 Å². The molecule has 3 heterocycles. The molecule has 3 aliphatic rings. The van der Waals surface area contributed by atoms with E-state index < -0.39 is 0 Å². The van der Waals surface area contributed by atoms with E-state index in [1.54, 1.807) is 23.5 Å². The number of rotatable bonds is 6. The Kier molecular flexibility index (Phi) is 8.38. The lowest BCUT2D eigenvalue weighted by Crippen LogP contribution is -2.48. The Labute approximate surface area is 222 Å². The number of allylic oxidation sites excluding steroid dienone is 1. The Balaban J connectivity index is 1.06. The largest absolute Gasteiger partial charge is 0.368 e. The number of hydrogen-bond donors (Lipinski definition) is 1. The molecule has 3 amide bonds. The summed E-state index contributed by atoms with van der Waals surface area (Å²) in [4.78, 5) is 36.3. The Bertz CT molecular complexity index is 1100. The van der Waals surface area contributed by atoms with E-state index in [1.807, 2.05) is 15.2 Å². The molecule has 2 saturated heterocycles. The Morgan fingerprint density at radius 3 is 2.46 bits per heavy atom. The fourth-order valence-corrected chi connectivity index (χ4v) is 6.42. The van der Waals surface area contributed by atoms with E-state index in [0.717, 1.165) is 30.0 Å². The van der Waals surface area contributed by atoms with Crippen molar-refractivity contribution in [3.05, 3.63) is 57.8 Å². The first-order valence-corrected chi connectivity index (χ1v) is 14.4. The monoisotopic (exact) mass is 525 g/mol. The van der Waals surface area contributed by atoms with Crippen molar-refractivity contribution in [1.29, 1.82) is 0 Å². The van der Waals surface area contributed by atoms with Crippen LogP contribution in [0.1, 0.15) is 66.4 Å². The molecular formula is C28H36FN5O2S. The van der Waals surface area contributed by atoms with Gasteiger partial charge in [-0.25, -0.2) is 14.2 Å². The molecule has 1 aliphatic carbocycles. The highest BCUT2D eigenvalue weighted by atomic mass is 32.1. The molecule has 9 heteroatoms. The molecule has 1 N–H and O–H groups in total. The number of nitrogens with one attached hydrogen (secondary N) is 1. The SMILES string of the molecule is O=C(NCCC1=CCCCC1)N1CCC(c2nc(C(=O)N3CCN(c4ccc(F)cc4)CC3)cs2)CC1. The lowest BCUT2D eigenvalue weighted by atomic mass is 9.97.